The number of nitrogens with one attached hydrogen (secondary N) is 1. The fraction of sp³-hybridized carbons (Fsp3) is 0.400. The van der Waals surface area contributed by atoms with E-state index in [0.717, 1.165) is 12.0 Å². The summed E-state index contributed by atoms with van der Waals surface area (Å²) in [5.74, 6) is -0.444. The van der Waals surface area contributed by atoms with Gasteiger partial charge in [-0.05, 0) is 44.0 Å². The summed E-state index contributed by atoms with van der Waals surface area (Å²) < 4.78 is 18.0. The van der Waals surface area contributed by atoms with Gasteiger partial charge in [0.05, 0.1) is 6.10 Å². The molecule has 0 radical (unpaired) electrons. The molecule has 4 heteroatoms. The molecule has 3 nitrogen and oxygen atoms in total. The van der Waals surface area contributed by atoms with Gasteiger partial charge in [-0.15, -0.1) is 0 Å². The van der Waals surface area contributed by atoms with Crippen LogP contribution >= 0.6 is 0 Å². The molecule has 19 heavy (non-hydrogen) atoms. The zero-order valence-corrected chi connectivity index (χ0v) is 11.4. The Morgan fingerprint density at radius 3 is 2.68 bits per heavy atom. The third kappa shape index (κ3) is 7.36. The predicted molar refractivity (Wildman–Crippen MR) is 74.1 cm³/mol. The molecular formula is C15H20FNO2. The smallest absolute Gasteiger partial charge is 0.244 e. The minimum absolute atomic E-state index is 0.158. The van der Waals surface area contributed by atoms with Gasteiger partial charge in [0.1, 0.15) is 5.82 Å². The Morgan fingerprint density at radius 2 is 2.05 bits per heavy atom. The molecule has 0 bridgehead atoms. The van der Waals surface area contributed by atoms with Gasteiger partial charge in [-0.25, -0.2) is 4.39 Å². The van der Waals surface area contributed by atoms with Crippen molar-refractivity contribution in [1.82, 2.24) is 5.32 Å². The molecule has 0 fully saturated rings. The van der Waals surface area contributed by atoms with Crippen LogP contribution in [0.4, 0.5) is 4.39 Å². The molecule has 1 N–H and O–H groups in total. The lowest BCUT2D eigenvalue weighted by molar-refractivity contribution is -0.116. The molecule has 0 aliphatic heterocycles. The van der Waals surface area contributed by atoms with E-state index in [4.69, 9.17) is 4.74 Å². The maximum Gasteiger partial charge on any atom is 0.244 e. The van der Waals surface area contributed by atoms with Crippen LogP contribution < -0.4 is 5.32 Å². The van der Waals surface area contributed by atoms with Crippen LogP contribution in [-0.2, 0) is 9.53 Å². The Kier molecular flexibility index (Phi) is 6.82. The number of ether oxygens (including phenoxy) is 1. The van der Waals surface area contributed by atoms with Gasteiger partial charge in [-0.1, -0.05) is 12.1 Å². The molecule has 0 saturated heterocycles. The topological polar surface area (TPSA) is 38.3 Å². The third-order valence-corrected chi connectivity index (χ3v) is 2.37. The predicted octanol–water partition coefficient (Wildman–Crippen LogP) is 2.77. The largest absolute Gasteiger partial charge is 0.379 e. The quantitative estimate of drug-likeness (QED) is 0.608. The monoisotopic (exact) mass is 265 g/mol. The Balaban J connectivity index is 2.22. The summed E-state index contributed by atoms with van der Waals surface area (Å²) in [6.45, 7) is 5.17. The van der Waals surface area contributed by atoms with Crippen LogP contribution in [0.15, 0.2) is 30.3 Å². The van der Waals surface area contributed by atoms with Crippen LogP contribution in [0.5, 0.6) is 0 Å². The van der Waals surface area contributed by atoms with Gasteiger partial charge in [-0.3, -0.25) is 4.79 Å². The van der Waals surface area contributed by atoms with Crippen molar-refractivity contribution >= 4 is 12.0 Å². The summed E-state index contributed by atoms with van der Waals surface area (Å²) in [7, 11) is 0. The summed E-state index contributed by atoms with van der Waals surface area (Å²) in [5.41, 5.74) is 0.791. The average molecular weight is 265 g/mol. The molecule has 1 amide bonds. The first-order chi connectivity index (χ1) is 9.08. The van der Waals surface area contributed by atoms with E-state index < -0.39 is 0 Å². The van der Waals surface area contributed by atoms with Crippen molar-refractivity contribution in [3.05, 3.63) is 41.7 Å². The van der Waals surface area contributed by atoms with Gasteiger partial charge in [-0.2, -0.15) is 0 Å². The Bertz CT molecular complexity index is 413. The molecule has 1 rings (SSSR count). The summed E-state index contributed by atoms with van der Waals surface area (Å²) in [6.07, 6.45) is 4.10. The maximum atomic E-state index is 12.7. The molecular weight excluding hydrogens is 245 g/mol. The van der Waals surface area contributed by atoms with Gasteiger partial charge in [0.15, 0.2) is 0 Å². The second-order valence-corrected chi connectivity index (χ2v) is 4.45. The zero-order chi connectivity index (χ0) is 14.1. The number of amides is 1. The number of hydrogen-bond donors (Lipinski definition) is 1. The van der Waals surface area contributed by atoms with E-state index in [1.807, 2.05) is 13.8 Å². The first-order valence-electron chi connectivity index (χ1n) is 6.41. The standard InChI is InChI=1S/C15H20FNO2/c1-12(2)19-11-3-10-17-15(18)9-6-13-4-7-14(16)8-5-13/h4-9,12H,3,10-11H2,1-2H3,(H,17,18)/b9-6+. The van der Waals surface area contributed by atoms with Gasteiger partial charge < -0.3 is 10.1 Å². The van der Waals surface area contributed by atoms with Gasteiger partial charge >= 0.3 is 0 Å². The highest BCUT2D eigenvalue weighted by atomic mass is 19.1. The molecule has 1 aromatic rings. The van der Waals surface area contributed by atoms with Gasteiger partial charge in [0.2, 0.25) is 5.91 Å². The van der Waals surface area contributed by atoms with E-state index in [1.165, 1.54) is 18.2 Å². The van der Waals surface area contributed by atoms with Crippen molar-refractivity contribution in [3.8, 4) is 0 Å². The SMILES string of the molecule is CC(C)OCCCNC(=O)/C=C/c1ccc(F)cc1. The van der Waals surface area contributed by atoms with Crippen LogP contribution in [0, 0.1) is 5.82 Å². The minimum atomic E-state index is -0.285. The minimum Gasteiger partial charge on any atom is -0.379 e. The van der Waals surface area contributed by atoms with E-state index in [1.54, 1.807) is 18.2 Å². The van der Waals surface area contributed by atoms with Crippen LogP contribution in [0.3, 0.4) is 0 Å². The van der Waals surface area contributed by atoms with Crippen molar-refractivity contribution in [2.45, 2.75) is 26.4 Å². The summed E-state index contributed by atoms with van der Waals surface area (Å²) in [6, 6.07) is 5.97. The van der Waals surface area contributed by atoms with Crippen molar-refractivity contribution < 1.29 is 13.9 Å². The number of hydrogen-bond acceptors (Lipinski definition) is 2. The molecule has 0 spiro atoms. The second-order valence-electron chi connectivity index (χ2n) is 4.45. The lowest BCUT2D eigenvalue weighted by Gasteiger charge is -2.07. The van der Waals surface area contributed by atoms with Crippen LogP contribution in [0.1, 0.15) is 25.8 Å². The number of benzene rings is 1. The fourth-order valence-electron chi connectivity index (χ4n) is 1.41. The fourth-order valence-corrected chi connectivity index (χ4v) is 1.41. The molecule has 1 aromatic carbocycles. The second kappa shape index (κ2) is 8.43. The maximum absolute atomic E-state index is 12.7. The Labute approximate surface area is 113 Å². The molecule has 0 unspecified atom stereocenters. The first kappa shape index (κ1) is 15.4. The van der Waals surface area contributed by atoms with E-state index in [9.17, 15) is 9.18 Å². The number of carbonyl (C=O) groups is 1. The van der Waals surface area contributed by atoms with Crippen LogP contribution in [-0.4, -0.2) is 25.2 Å². The van der Waals surface area contributed by atoms with Crippen LogP contribution in [0.25, 0.3) is 6.08 Å². The number of carbonyl (C=O) groups excluding carboxylic acids is 1. The van der Waals surface area contributed by atoms with E-state index in [0.29, 0.717) is 13.2 Å². The molecule has 0 aliphatic rings. The molecule has 104 valence electrons. The van der Waals surface area contributed by atoms with Crippen molar-refractivity contribution in [3.63, 3.8) is 0 Å². The first-order valence-corrected chi connectivity index (χ1v) is 6.41. The van der Waals surface area contributed by atoms with Gasteiger partial charge in [0.25, 0.3) is 0 Å². The lowest BCUT2D eigenvalue weighted by atomic mass is 10.2. The zero-order valence-electron chi connectivity index (χ0n) is 11.4. The van der Waals surface area contributed by atoms with Crippen molar-refractivity contribution in [2.24, 2.45) is 0 Å². The van der Waals surface area contributed by atoms with Crippen molar-refractivity contribution in [1.29, 1.82) is 0 Å². The van der Waals surface area contributed by atoms with Gasteiger partial charge in [0, 0.05) is 19.2 Å². The van der Waals surface area contributed by atoms with Crippen LogP contribution in [0.2, 0.25) is 0 Å². The van der Waals surface area contributed by atoms with E-state index >= 15 is 0 Å². The average Bonchev–Trinajstić information content (AvgIpc) is 2.37. The Hall–Kier alpha value is -1.68. The third-order valence-electron chi connectivity index (χ3n) is 2.37. The Morgan fingerprint density at radius 1 is 1.37 bits per heavy atom. The highest BCUT2D eigenvalue weighted by Gasteiger charge is 1.96. The molecule has 0 atom stereocenters. The highest BCUT2D eigenvalue weighted by molar-refractivity contribution is 5.91. The number of halogens is 1. The molecule has 0 heterocycles. The van der Waals surface area contributed by atoms with E-state index in [2.05, 4.69) is 5.32 Å². The lowest BCUT2D eigenvalue weighted by Crippen LogP contribution is -2.23. The summed E-state index contributed by atoms with van der Waals surface area (Å²) >= 11 is 0. The molecule has 0 aliphatic carbocycles. The summed E-state index contributed by atoms with van der Waals surface area (Å²) in [4.78, 5) is 11.5. The molecule has 0 saturated carbocycles. The van der Waals surface area contributed by atoms with E-state index in [-0.39, 0.29) is 17.8 Å². The number of rotatable bonds is 7. The highest BCUT2D eigenvalue weighted by Crippen LogP contribution is 2.04. The summed E-state index contributed by atoms with van der Waals surface area (Å²) in [5, 5.41) is 2.76. The molecule has 0 aromatic heterocycles. The van der Waals surface area contributed by atoms with Crippen molar-refractivity contribution in [2.75, 3.05) is 13.2 Å². The normalized spacial score (nSPS) is 11.2.